The summed E-state index contributed by atoms with van der Waals surface area (Å²) >= 11 is 0. The fourth-order valence-electron chi connectivity index (χ4n) is 5.07. The Bertz CT molecular complexity index is 1210. The van der Waals surface area contributed by atoms with Crippen LogP contribution in [-0.4, -0.2) is 61.1 Å². The summed E-state index contributed by atoms with van der Waals surface area (Å²) in [5, 5.41) is 14.0. The first-order chi connectivity index (χ1) is 18.2. The molecule has 8 nitrogen and oxygen atoms in total. The van der Waals surface area contributed by atoms with Gasteiger partial charge in [-0.3, -0.25) is 14.4 Å². The Hall–Kier alpha value is -2.94. The molecule has 208 valence electrons. The molecule has 0 bridgehead atoms. The van der Waals surface area contributed by atoms with E-state index in [-0.39, 0.29) is 36.2 Å². The average Bonchev–Trinajstić information content (AvgIpc) is 2.90. The van der Waals surface area contributed by atoms with E-state index in [1.54, 1.807) is 12.1 Å². The molecule has 1 atom stereocenters. The van der Waals surface area contributed by atoms with Gasteiger partial charge < -0.3 is 15.3 Å². The molecule has 2 amide bonds. The van der Waals surface area contributed by atoms with Crippen molar-refractivity contribution in [2.24, 2.45) is 5.92 Å². The molecule has 0 aliphatic heterocycles. The lowest BCUT2D eigenvalue weighted by atomic mass is 9.95. The standard InChI is InChI=1S/C29H40N2O6S/c1-2-3-9-18-31(20-27(32)30-25-12-5-4-6-13-25)29(35)24(15-17-28(33)34)21-38(36,37)26-16-14-22-10-7-8-11-23(22)19-26/h7-8,10-11,14,16,19,24-25H,2-6,9,12-13,15,17-18,20-21H2,1H3,(H,30,32)(H,33,34). The van der Waals surface area contributed by atoms with Gasteiger partial charge in [0.2, 0.25) is 11.8 Å². The van der Waals surface area contributed by atoms with Crippen molar-refractivity contribution in [2.75, 3.05) is 18.8 Å². The molecule has 1 aliphatic rings. The van der Waals surface area contributed by atoms with E-state index in [0.29, 0.717) is 13.0 Å². The van der Waals surface area contributed by atoms with Crippen LogP contribution in [-0.2, 0) is 24.2 Å². The van der Waals surface area contributed by atoms with Crippen LogP contribution < -0.4 is 5.32 Å². The number of nitrogens with zero attached hydrogens (tertiary/aromatic N) is 1. The first-order valence-electron chi connectivity index (χ1n) is 13.7. The van der Waals surface area contributed by atoms with Crippen LogP contribution in [0.3, 0.4) is 0 Å². The minimum atomic E-state index is -3.89. The molecule has 3 rings (SSSR count). The van der Waals surface area contributed by atoms with Crippen LogP contribution >= 0.6 is 0 Å². The number of rotatable bonds is 14. The molecular weight excluding hydrogens is 504 g/mol. The minimum absolute atomic E-state index is 0.0944. The Morgan fingerprint density at radius 3 is 2.42 bits per heavy atom. The molecule has 0 spiro atoms. The number of carboxylic acid groups (broad SMARTS) is 1. The third-order valence-corrected chi connectivity index (χ3v) is 9.02. The number of aliphatic carboxylic acids is 1. The summed E-state index contributed by atoms with van der Waals surface area (Å²) in [6.45, 7) is 2.21. The van der Waals surface area contributed by atoms with Crippen LogP contribution in [0.4, 0.5) is 0 Å². The van der Waals surface area contributed by atoms with Crippen molar-refractivity contribution < 1.29 is 27.9 Å². The largest absolute Gasteiger partial charge is 0.481 e. The van der Waals surface area contributed by atoms with E-state index >= 15 is 0 Å². The van der Waals surface area contributed by atoms with Crippen LogP contribution in [0.15, 0.2) is 47.4 Å². The highest BCUT2D eigenvalue weighted by Gasteiger charge is 2.32. The second-order valence-electron chi connectivity index (χ2n) is 10.3. The molecule has 2 N–H and O–H groups in total. The van der Waals surface area contributed by atoms with Gasteiger partial charge in [0.1, 0.15) is 0 Å². The van der Waals surface area contributed by atoms with Crippen LogP contribution in [0.2, 0.25) is 0 Å². The van der Waals surface area contributed by atoms with Gasteiger partial charge in [0.05, 0.1) is 23.1 Å². The highest BCUT2D eigenvalue weighted by molar-refractivity contribution is 7.91. The first-order valence-corrected chi connectivity index (χ1v) is 15.4. The van der Waals surface area contributed by atoms with Crippen molar-refractivity contribution in [1.29, 1.82) is 0 Å². The van der Waals surface area contributed by atoms with Crippen molar-refractivity contribution >= 4 is 38.4 Å². The predicted molar refractivity (Wildman–Crippen MR) is 147 cm³/mol. The lowest BCUT2D eigenvalue weighted by Crippen LogP contribution is -2.47. The number of amides is 2. The van der Waals surface area contributed by atoms with Gasteiger partial charge in [-0.25, -0.2) is 8.42 Å². The van der Waals surface area contributed by atoms with Crippen molar-refractivity contribution in [1.82, 2.24) is 10.2 Å². The molecule has 1 saturated carbocycles. The smallest absolute Gasteiger partial charge is 0.303 e. The second kappa shape index (κ2) is 14.3. The third kappa shape index (κ3) is 8.82. The van der Waals surface area contributed by atoms with E-state index in [4.69, 9.17) is 0 Å². The van der Waals surface area contributed by atoms with Gasteiger partial charge in [-0.1, -0.05) is 69.4 Å². The molecule has 9 heteroatoms. The minimum Gasteiger partial charge on any atom is -0.481 e. The summed E-state index contributed by atoms with van der Waals surface area (Å²) < 4.78 is 26.8. The number of carboxylic acids is 1. The van der Waals surface area contributed by atoms with Gasteiger partial charge in [-0.15, -0.1) is 0 Å². The number of hydrogen-bond acceptors (Lipinski definition) is 5. The predicted octanol–water partition coefficient (Wildman–Crippen LogP) is 4.56. The number of nitrogens with one attached hydrogen (secondary N) is 1. The topological polar surface area (TPSA) is 121 Å². The number of fused-ring (bicyclic) bond motifs is 1. The number of carbonyl (C=O) groups is 3. The highest BCUT2D eigenvalue weighted by Crippen LogP contribution is 2.24. The Kier molecular flexibility index (Phi) is 11.1. The average molecular weight is 545 g/mol. The third-order valence-electron chi connectivity index (χ3n) is 7.20. The number of benzene rings is 2. The van der Waals surface area contributed by atoms with Crippen molar-refractivity contribution in [3.63, 3.8) is 0 Å². The lowest BCUT2D eigenvalue weighted by Gasteiger charge is -2.29. The van der Waals surface area contributed by atoms with Crippen molar-refractivity contribution in [3.8, 4) is 0 Å². The van der Waals surface area contributed by atoms with Crippen LogP contribution in [0.5, 0.6) is 0 Å². The van der Waals surface area contributed by atoms with Gasteiger partial charge in [-0.05, 0) is 48.6 Å². The monoisotopic (exact) mass is 544 g/mol. The summed E-state index contributed by atoms with van der Waals surface area (Å²) in [5.41, 5.74) is 0. The Balaban J connectivity index is 1.80. The highest BCUT2D eigenvalue weighted by atomic mass is 32.2. The van der Waals surface area contributed by atoms with E-state index in [2.05, 4.69) is 5.32 Å². The van der Waals surface area contributed by atoms with E-state index in [1.807, 2.05) is 31.2 Å². The lowest BCUT2D eigenvalue weighted by molar-refractivity contribution is -0.141. The Morgan fingerprint density at radius 1 is 1.03 bits per heavy atom. The molecule has 0 aromatic heterocycles. The summed E-state index contributed by atoms with van der Waals surface area (Å²) in [6, 6.07) is 12.3. The zero-order valence-electron chi connectivity index (χ0n) is 22.2. The maximum absolute atomic E-state index is 13.7. The van der Waals surface area contributed by atoms with E-state index in [1.165, 1.54) is 11.0 Å². The normalized spacial score (nSPS) is 15.2. The maximum Gasteiger partial charge on any atom is 0.303 e. The molecule has 2 aromatic carbocycles. The molecule has 0 saturated heterocycles. The van der Waals surface area contributed by atoms with Gasteiger partial charge >= 0.3 is 5.97 Å². The zero-order chi connectivity index (χ0) is 27.5. The summed E-state index contributed by atoms with van der Waals surface area (Å²) in [7, 11) is -3.89. The zero-order valence-corrected chi connectivity index (χ0v) is 23.0. The van der Waals surface area contributed by atoms with Crippen LogP contribution in [0, 0.1) is 5.92 Å². The number of sulfone groups is 1. The summed E-state index contributed by atoms with van der Waals surface area (Å²) in [6.07, 6.45) is 7.14. The fourth-order valence-corrected chi connectivity index (χ4v) is 6.68. The second-order valence-corrected chi connectivity index (χ2v) is 12.3. The van der Waals surface area contributed by atoms with E-state index in [9.17, 15) is 27.9 Å². The summed E-state index contributed by atoms with van der Waals surface area (Å²) in [5.74, 6) is -3.40. The molecule has 0 heterocycles. The van der Waals surface area contributed by atoms with Gasteiger partial charge in [0.15, 0.2) is 9.84 Å². The van der Waals surface area contributed by atoms with E-state index < -0.39 is 33.4 Å². The SMILES string of the molecule is CCCCCN(CC(=O)NC1CCCCC1)C(=O)C(CCC(=O)O)CS(=O)(=O)c1ccc2ccccc2c1. The molecule has 2 aromatic rings. The van der Waals surface area contributed by atoms with Gasteiger partial charge in [-0.2, -0.15) is 0 Å². The Labute approximate surface area is 225 Å². The fraction of sp³-hybridized carbons (Fsp3) is 0.552. The molecule has 1 unspecified atom stereocenters. The van der Waals surface area contributed by atoms with E-state index in [0.717, 1.165) is 55.7 Å². The Morgan fingerprint density at radius 2 is 1.74 bits per heavy atom. The van der Waals surface area contributed by atoms with Gasteiger partial charge in [0, 0.05) is 19.0 Å². The quantitative estimate of drug-likeness (QED) is 0.336. The first kappa shape index (κ1) is 29.6. The van der Waals surface area contributed by atoms with Crippen LogP contribution in [0.25, 0.3) is 10.8 Å². The van der Waals surface area contributed by atoms with Crippen LogP contribution in [0.1, 0.15) is 71.1 Å². The van der Waals surface area contributed by atoms with Gasteiger partial charge in [0.25, 0.3) is 0 Å². The van der Waals surface area contributed by atoms with Crippen molar-refractivity contribution in [3.05, 3.63) is 42.5 Å². The summed E-state index contributed by atoms with van der Waals surface area (Å²) in [4.78, 5) is 39.4. The molecule has 1 aliphatic carbocycles. The maximum atomic E-state index is 13.7. The molecule has 1 fully saturated rings. The number of unbranched alkanes of at least 4 members (excludes halogenated alkanes) is 2. The number of carbonyl (C=O) groups excluding carboxylic acids is 2. The molecule has 38 heavy (non-hydrogen) atoms. The molecular formula is C29H40N2O6S. The molecule has 0 radical (unpaired) electrons. The van der Waals surface area contributed by atoms with Crippen molar-refractivity contribution in [2.45, 2.75) is 82.1 Å². The number of hydrogen-bond donors (Lipinski definition) is 2.